The van der Waals surface area contributed by atoms with Crippen LogP contribution in [0.25, 0.3) is 0 Å². The van der Waals surface area contributed by atoms with Gasteiger partial charge in [0.25, 0.3) is 0 Å². The van der Waals surface area contributed by atoms with E-state index in [1.807, 2.05) is 4.90 Å². The molecule has 1 amide bonds. The van der Waals surface area contributed by atoms with Crippen LogP contribution in [0.4, 0.5) is 0 Å². The Morgan fingerprint density at radius 2 is 1.83 bits per heavy atom. The van der Waals surface area contributed by atoms with Crippen molar-refractivity contribution in [2.45, 2.75) is 53.0 Å². The molecule has 6 nitrogen and oxygen atoms in total. The zero-order valence-electron chi connectivity index (χ0n) is 11.6. The normalized spacial score (nSPS) is 10.6. The Morgan fingerprint density at radius 3 is 2.28 bits per heavy atom. The van der Waals surface area contributed by atoms with Crippen LogP contribution in [0.2, 0.25) is 0 Å². The van der Waals surface area contributed by atoms with Gasteiger partial charge in [0, 0.05) is 13.1 Å². The summed E-state index contributed by atoms with van der Waals surface area (Å²) in [5.74, 6) is 0.779. The van der Waals surface area contributed by atoms with Gasteiger partial charge in [-0.05, 0) is 30.2 Å². The highest BCUT2D eigenvalue weighted by Gasteiger charge is 2.14. The standard InChI is InChI=1S/C12H23N5O/c1-4-6-8-16(9-7-5-2)12(18)10-17-11(3)13-14-15-17/h4-10H2,1-3H3. The summed E-state index contributed by atoms with van der Waals surface area (Å²) in [4.78, 5) is 14.1. The van der Waals surface area contributed by atoms with E-state index in [2.05, 4.69) is 29.4 Å². The molecule has 0 aliphatic heterocycles. The largest absolute Gasteiger partial charge is 0.341 e. The number of rotatable bonds is 8. The van der Waals surface area contributed by atoms with Gasteiger partial charge in [0.05, 0.1) is 0 Å². The number of aromatic nitrogens is 4. The Kier molecular flexibility index (Phi) is 6.32. The predicted octanol–water partition coefficient (Wildman–Crippen LogP) is 1.41. The number of aryl methyl sites for hydroxylation is 1. The minimum atomic E-state index is 0.104. The number of unbranched alkanes of at least 4 members (excludes halogenated alkanes) is 2. The topological polar surface area (TPSA) is 63.9 Å². The number of carbonyl (C=O) groups is 1. The van der Waals surface area contributed by atoms with E-state index in [0.717, 1.165) is 38.8 Å². The van der Waals surface area contributed by atoms with Crippen molar-refractivity contribution in [1.82, 2.24) is 25.1 Å². The Hall–Kier alpha value is -1.46. The van der Waals surface area contributed by atoms with Crippen LogP contribution < -0.4 is 0 Å². The maximum atomic E-state index is 12.2. The van der Waals surface area contributed by atoms with Crippen molar-refractivity contribution in [1.29, 1.82) is 0 Å². The molecule has 0 N–H and O–H groups in total. The molecule has 0 fully saturated rings. The molecule has 0 aromatic carbocycles. The van der Waals surface area contributed by atoms with Gasteiger partial charge in [0.15, 0.2) is 0 Å². The van der Waals surface area contributed by atoms with Gasteiger partial charge in [0.1, 0.15) is 12.4 Å². The van der Waals surface area contributed by atoms with Gasteiger partial charge in [-0.15, -0.1) is 5.10 Å². The van der Waals surface area contributed by atoms with Gasteiger partial charge < -0.3 is 4.90 Å². The molecular formula is C12H23N5O. The lowest BCUT2D eigenvalue weighted by atomic mass is 10.2. The van der Waals surface area contributed by atoms with E-state index < -0.39 is 0 Å². The van der Waals surface area contributed by atoms with Crippen molar-refractivity contribution in [3.05, 3.63) is 5.82 Å². The minimum Gasteiger partial charge on any atom is -0.341 e. The smallest absolute Gasteiger partial charge is 0.244 e. The monoisotopic (exact) mass is 253 g/mol. The fraction of sp³-hybridized carbons (Fsp3) is 0.833. The average molecular weight is 253 g/mol. The molecule has 0 bridgehead atoms. The maximum Gasteiger partial charge on any atom is 0.244 e. The van der Waals surface area contributed by atoms with Crippen LogP contribution >= 0.6 is 0 Å². The number of amides is 1. The average Bonchev–Trinajstić information content (AvgIpc) is 2.75. The summed E-state index contributed by atoms with van der Waals surface area (Å²) >= 11 is 0. The van der Waals surface area contributed by atoms with Gasteiger partial charge in [-0.25, -0.2) is 4.68 Å². The Bertz CT molecular complexity index is 355. The zero-order valence-corrected chi connectivity index (χ0v) is 11.6. The quantitative estimate of drug-likeness (QED) is 0.702. The molecule has 0 saturated heterocycles. The molecule has 1 aromatic heterocycles. The fourth-order valence-corrected chi connectivity index (χ4v) is 1.68. The van der Waals surface area contributed by atoms with E-state index in [1.165, 1.54) is 0 Å². The Balaban J connectivity index is 2.55. The summed E-state index contributed by atoms with van der Waals surface area (Å²) in [6.45, 7) is 7.97. The molecule has 1 rings (SSSR count). The first kappa shape index (κ1) is 14.6. The van der Waals surface area contributed by atoms with Crippen molar-refractivity contribution < 1.29 is 4.79 Å². The number of carbonyl (C=O) groups excluding carboxylic acids is 1. The van der Waals surface area contributed by atoms with Crippen molar-refractivity contribution in [2.75, 3.05) is 13.1 Å². The lowest BCUT2D eigenvalue weighted by Crippen LogP contribution is -2.36. The van der Waals surface area contributed by atoms with Crippen LogP contribution in [0.3, 0.4) is 0 Å². The second kappa shape index (κ2) is 7.79. The predicted molar refractivity (Wildman–Crippen MR) is 69.0 cm³/mol. The van der Waals surface area contributed by atoms with E-state index in [9.17, 15) is 4.79 Å². The highest BCUT2D eigenvalue weighted by Crippen LogP contribution is 2.02. The molecular weight excluding hydrogens is 230 g/mol. The molecule has 1 heterocycles. The first-order chi connectivity index (χ1) is 8.69. The minimum absolute atomic E-state index is 0.104. The third-order valence-electron chi connectivity index (χ3n) is 2.91. The van der Waals surface area contributed by atoms with Crippen LogP contribution in [0.5, 0.6) is 0 Å². The van der Waals surface area contributed by atoms with Crippen LogP contribution in [0, 0.1) is 6.92 Å². The van der Waals surface area contributed by atoms with E-state index >= 15 is 0 Å². The molecule has 1 aromatic rings. The molecule has 18 heavy (non-hydrogen) atoms. The second-order valence-electron chi connectivity index (χ2n) is 4.47. The van der Waals surface area contributed by atoms with E-state index in [0.29, 0.717) is 5.82 Å². The fourth-order valence-electron chi connectivity index (χ4n) is 1.68. The number of hydrogen-bond donors (Lipinski definition) is 0. The van der Waals surface area contributed by atoms with Crippen LogP contribution in [0.1, 0.15) is 45.4 Å². The molecule has 0 atom stereocenters. The Labute approximate surface area is 108 Å². The summed E-state index contributed by atoms with van der Waals surface area (Å²) in [6, 6.07) is 0. The zero-order chi connectivity index (χ0) is 13.4. The summed E-state index contributed by atoms with van der Waals surface area (Å²) in [5, 5.41) is 11.1. The lowest BCUT2D eigenvalue weighted by Gasteiger charge is -2.22. The summed E-state index contributed by atoms with van der Waals surface area (Å²) in [6.07, 6.45) is 4.29. The van der Waals surface area contributed by atoms with Crippen molar-refractivity contribution in [2.24, 2.45) is 0 Å². The Morgan fingerprint density at radius 1 is 1.22 bits per heavy atom. The van der Waals surface area contributed by atoms with Crippen molar-refractivity contribution in [3.8, 4) is 0 Å². The molecule has 0 saturated carbocycles. The SMILES string of the molecule is CCCCN(CCCC)C(=O)Cn1nnnc1C. The van der Waals surface area contributed by atoms with Crippen LogP contribution in [0.15, 0.2) is 0 Å². The van der Waals surface area contributed by atoms with Gasteiger partial charge in [-0.2, -0.15) is 0 Å². The molecule has 102 valence electrons. The molecule has 0 unspecified atom stereocenters. The summed E-state index contributed by atoms with van der Waals surface area (Å²) < 4.78 is 1.55. The highest BCUT2D eigenvalue weighted by molar-refractivity contribution is 5.75. The first-order valence-electron chi connectivity index (χ1n) is 6.69. The molecule has 0 aliphatic carbocycles. The van der Waals surface area contributed by atoms with Crippen LogP contribution in [-0.4, -0.2) is 44.1 Å². The van der Waals surface area contributed by atoms with Crippen molar-refractivity contribution >= 4 is 5.91 Å². The number of tetrazole rings is 1. The third kappa shape index (κ3) is 4.43. The number of nitrogens with zero attached hydrogens (tertiary/aromatic N) is 5. The van der Waals surface area contributed by atoms with Crippen molar-refractivity contribution in [3.63, 3.8) is 0 Å². The van der Waals surface area contributed by atoms with Crippen LogP contribution in [-0.2, 0) is 11.3 Å². The second-order valence-corrected chi connectivity index (χ2v) is 4.47. The lowest BCUT2D eigenvalue weighted by molar-refractivity contribution is -0.132. The molecule has 0 aliphatic rings. The van der Waals surface area contributed by atoms with Gasteiger partial charge in [-0.3, -0.25) is 4.79 Å². The summed E-state index contributed by atoms with van der Waals surface area (Å²) in [7, 11) is 0. The third-order valence-corrected chi connectivity index (χ3v) is 2.91. The van der Waals surface area contributed by atoms with Gasteiger partial charge in [0.2, 0.25) is 5.91 Å². The number of hydrogen-bond acceptors (Lipinski definition) is 4. The highest BCUT2D eigenvalue weighted by atomic mass is 16.2. The van der Waals surface area contributed by atoms with Gasteiger partial charge >= 0.3 is 0 Å². The maximum absolute atomic E-state index is 12.2. The molecule has 0 spiro atoms. The summed E-state index contributed by atoms with van der Waals surface area (Å²) in [5.41, 5.74) is 0. The van der Waals surface area contributed by atoms with E-state index in [4.69, 9.17) is 0 Å². The van der Waals surface area contributed by atoms with E-state index in [1.54, 1.807) is 11.6 Å². The molecule has 6 heteroatoms. The van der Waals surface area contributed by atoms with E-state index in [-0.39, 0.29) is 12.5 Å². The molecule has 0 radical (unpaired) electrons. The first-order valence-corrected chi connectivity index (χ1v) is 6.69. The van der Waals surface area contributed by atoms with Gasteiger partial charge in [-0.1, -0.05) is 26.7 Å².